The highest BCUT2D eigenvalue weighted by atomic mass is 32.1. The molecule has 0 unspecified atom stereocenters. The van der Waals surface area contributed by atoms with E-state index >= 15 is 0 Å². The summed E-state index contributed by atoms with van der Waals surface area (Å²) in [5, 5.41) is 0. The average Bonchev–Trinajstić information content (AvgIpc) is 3.96. The van der Waals surface area contributed by atoms with Crippen molar-refractivity contribution in [1.82, 2.24) is 0 Å². The van der Waals surface area contributed by atoms with Crippen LogP contribution < -0.4 is 0 Å². The molecule has 4 nitrogen and oxygen atoms in total. The van der Waals surface area contributed by atoms with Gasteiger partial charge in [-0.2, -0.15) is 26.3 Å². The molecule has 10 rings (SSSR count). The highest BCUT2D eigenvalue weighted by molar-refractivity contribution is 7.29. The zero-order chi connectivity index (χ0) is 39.1. The fourth-order valence-corrected chi connectivity index (χ4v) is 13.3. The molecule has 0 saturated heterocycles. The van der Waals surface area contributed by atoms with Gasteiger partial charge in [0.15, 0.2) is 0 Å². The third-order valence-corrected chi connectivity index (χ3v) is 15.3. The summed E-state index contributed by atoms with van der Waals surface area (Å²) in [5.74, 6) is -3.51. The number of halogens is 6. The van der Waals surface area contributed by atoms with Crippen LogP contribution in [0.4, 0.5) is 26.3 Å². The van der Waals surface area contributed by atoms with Crippen molar-refractivity contribution in [3.8, 4) is 0 Å². The largest absolute Gasteiger partial charge is 0.416 e. The van der Waals surface area contributed by atoms with E-state index in [1.807, 2.05) is 6.07 Å². The fraction of sp³-hybridized carbons (Fsp3) is 0.318. The van der Waals surface area contributed by atoms with Crippen molar-refractivity contribution in [2.75, 3.05) is 0 Å². The Kier molecular flexibility index (Phi) is 7.60. The zero-order valence-electron chi connectivity index (χ0n) is 29.6. The summed E-state index contributed by atoms with van der Waals surface area (Å²) in [6.07, 6.45) is 5.80. The van der Waals surface area contributed by atoms with Crippen molar-refractivity contribution in [3.05, 3.63) is 114 Å². The van der Waals surface area contributed by atoms with E-state index < -0.39 is 52.0 Å². The zero-order valence-corrected chi connectivity index (χ0v) is 31.2. The summed E-state index contributed by atoms with van der Waals surface area (Å²) >= 11 is 3.19. The minimum Gasteiger partial charge on any atom is -0.285 e. The van der Waals surface area contributed by atoms with Crippen LogP contribution in [0.2, 0.25) is 0 Å². The summed E-state index contributed by atoms with van der Waals surface area (Å²) in [6.45, 7) is 0. The van der Waals surface area contributed by atoms with E-state index in [0.29, 0.717) is 0 Å². The van der Waals surface area contributed by atoms with Crippen LogP contribution in [-0.2, 0) is 27.4 Å². The Hall–Kier alpha value is -4.68. The molecule has 2 fully saturated rings. The van der Waals surface area contributed by atoms with Crippen LogP contribution in [0.3, 0.4) is 0 Å². The maximum absolute atomic E-state index is 13.6. The number of Topliss-reactive ketones (excluding diaryl/α,β-unsaturated/α-hetero) is 4. The Morgan fingerprint density at radius 3 is 1.62 bits per heavy atom. The molecule has 12 heteroatoms. The molecular formula is C44H30F6O4S2. The Morgan fingerprint density at radius 2 is 1.09 bits per heavy atom. The van der Waals surface area contributed by atoms with Crippen LogP contribution in [-0.4, -0.2) is 23.1 Å². The molecule has 0 aliphatic heterocycles. The lowest BCUT2D eigenvalue weighted by atomic mass is 9.66. The smallest absolute Gasteiger partial charge is 0.285 e. The van der Waals surface area contributed by atoms with Gasteiger partial charge in [0.05, 0.1) is 15.8 Å². The molecule has 0 N–H and O–H groups in total. The second kappa shape index (κ2) is 11.9. The predicted octanol–water partition coefficient (Wildman–Crippen LogP) is 12.0. The Labute approximate surface area is 324 Å². The van der Waals surface area contributed by atoms with Crippen LogP contribution in [0, 0.1) is 5.41 Å². The lowest BCUT2D eigenvalue weighted by molar-refractivity contribution is -0.138. The van der Waals surface area contributed by atoms with Crippen molar-refractivity contribution in [2.24, 2.45) is 5.41 Å². The summed E-state index contributed by atoms with van der Waals surface area (Å²) in [7, 11) is 0. The van der Waals surface area contributed by atoms with Gasteiger partial charge in [-0.1, -0.05) is 56.7 Å². The summed E-state index contributed by atoms with van der Waals surface area (Å²) in [5.41, 5.74) is 2.10. The molecule has 284 valence electrons. The van der Waals surface area contributed by atoms with Crippen LogP contribution in [0.15, 0.2) is 65.8 Å². The molecule has 2 aromatic heterocycles. The van der Waals surface area contributed by atoms with Gasteiger partial charge in [0.1, 0.15) is 0 Å². The van der Waals surface area contributed by atoms with Crippen LogP contribution in [0.25, 0.3) is 32.2 Å². The Balaban J connectivity index is 1.09. The first kappa shape index (κ1) is 35.7. The summed E-state index contributed by atoms with van der Waals surface area (Å²) in [6, 6.07) is 7.76. The van der Waals surface area contributed by atoms with E-state index in [0.717, 1.165) is 108 Å². The molecule has 0 amide bonds. The van der Waals surface area contributed by atoms with E-state index in [1.54, 1.807) is 23.5 Å². The normalized spacial score (nSPS) is 22.6. The highest BCUT2D eigenvalue weighted by Crippen LogP contribution is 2.70. The Bertz CT molecular complexity index is 2650. The van der Waals surface area contributed by atoms with Gasteiger partial charge in [0, 0.05) is 47.6 Å². The number of hydrogen-bond donors (Lipinski definition) is 0. The topological polar surface area (TPSA) is 68.3 Å². The second-order valence-electron chi connectivity index (χ2n) is 15.8. The SMILES string of the molecule is O=C1C(=O)c2cc(C(F)(F)F)ccc2/C1=C/C1=CC2=C(c3sc4cc(/C=C5\C(=O)C(=O)c6cc(C(F)(F)F)ccc65)sc4c3C23CCCCC3)C12CCCCC2. The summed E-state index contributed by atoms with van der Waals surface area (Å²) < 4.78 is 83.1. The van der Waals surface area contributed by atoms with Crippen molar-refractivity contribution in [1.29, 1.82) is 0 Å². The molecule has 2 aromatic carbocycles. The first-order valence-corrected chi connectivity index (χ1v) is 20.3. The van der Waals surface area contributed by atoms with Gasteiger partial charge < -0.3 is 0 Å². The maximum Gasteiger partial charge on any atom is 0.416 e. The molecule has 6 aliphatic carbocycles. The van der Waals surface area contributed by atoms with Crippen LogP contribution in [0.5, 0.6) is 0 Å². The van der Waals surface area contributed by atoms with Gasteiger partial charge in [0.25, 0.3) is 0 Å². The fourth-order valence-electron chi connectivity index (χ4n) is 10.4. The standard InChI is InChI=1S/C44H30F6O4S2/c45-43(46,47)21-7-9-25-27(15-21)35(51)37(53)29(25)17-23-18-31-33(41(23)11-3-1-4-12-41)40-34(42(31)13-5-2-6-14-42)39-32(56-40)20-24(55-39)19-30-26-10-8-22(44(48,49)50)16-28(26)36(52)38(30)54/h7-10,15-20H,1-6,11-14H2/b29-17-,30-19-. The molecule has 2 spiro atoms. The van der Waals surface area contributed by atoms with E-state index in [4.69, 9.17) is 0 Å². The quantitative estimate of drug-likeness (QED) is 0.115. The molecule has 56 heavy (non-hydrogen) atoms. The number of thiophene rings is 2. The highest BCUT2D eigenvalue weighted by Gasteiger charge is 2.56. The van der Waals surface area contributed by atoms with E-state index in [2.05, 4.69) is 6.08 Å². The number of carbonyl (C=O) groups is 4. The minimum absolute atomic E-state index is 0.0789. The molecule has 4 aromatic rings. The lowest BCUT2D eigenvalue weighted by Gasteiger charge is -2.38. The van der Waals surface area contributed by atoms with Crippen LogP contribution in [0.1, 0.15) is 122 Å². The molecule has 2 heterocycles. The number of ketones is 4. The van der Waals surface area contributed by atoms with Gasteiger partial charge in [0.2, 0.25) is 23.1 Å². The van der Waals surface area contributed by atoms with E-state index in [1.165, 1.54) is 45.1 Å². The van der Waals surface area contributed by atoms with Gasteiger partial charge in [-0.25, -0.2) is 0 Å². The molecule has 0 bridgehead atoms. The van der Waals surface area contributed by atoms with Gasteiger partial charge in [-0.05, 0) is 102 Å². The van der Waals surface area contributed by atoms with Gasteiger partial charge in [-0.3, -0.25) is 19.2 Å². The summed E-state index contributed by atoms with van der Waals surface area (Å²) in [4.78, 5) is 54.5. The number of allylic oxidation sites excluding steroid dienone is 7. The number of alkyl halides is 6. The van der Waals surface area contributed by atoms with Gasteiger partial charge in [-0.15, -0.1) is 22.7 Å². The predicted molar refractivity (Wildman–Crippen MR) is 202 cm³/mol. The number of hydrogen-bond acceptors (Lipinski definition) is 6. The third-order valence-electron chi connectivity index (χ3n) is 12.9. The first-order valence-electron chi connectivity index (χ1n) is 18.7. The Morgan fingerprint density at radius 1 is 0.571 bits per heavy atom. The lowest BCUT2D eigenvalue weighted by Crippen LogP contribution is -2.28. The number of rotatable bonds is 2. The van der Waals surface area contributed by atoms with Crippen molar-refractivity contribution < 1.29 is 45.5 Å². The van der Waals surface area contributed by atoms with E-state index in [9.17, 15) is 45.5 Å². The van der Waals surface area contributed by atoms with Crippen LogP contribution >= 0.6 is 22.7 Å². The monoisotopic (exact) mass is 800 g/mol. The first-order chi connectivity index (χ1) is 26.6. The van der Waals surface area contributed by atoms with Crippen molar-refractivity contribution >= 4 is 78.0 Å². The molecule has 6 aliphatic rings. The molecule has 2 saturated carbocycles. The maximum atomic E-state index is 13.6. The number of fused-ring (bicyclic) bond motifs is 9. The number of benzene rings is 2. The van der Waals surface area contributed by atoms with Crippen molar-refractivity contribution in [3.63, 3.8) is 0 Å². The van der Waals surface area contributed by atoms with Gasteiger partial charge >= 0.3 is 12.4 Å². The molecule has 0 radical (unpaired) electrons. The number of carbonyl (C=O) groups excluding carboxylic acids is 4. The van der Waals surface area contributed by atoms with Crippen molar-refractivity contribution in [2.45, 2.75) is 82.0 Å². The molecular weight excluding hydrogens is 771 g/mol. The minimum atomic E-state index is -4.66. The van der Waals surface area contributed by atoms with E-state index in [-0.39, 0.29) is 38.8 Å². The second-order valence-corrected chi connectivity index (χ2v) is 17.9. The third kappa shape index (κ3) is 4.90. The average molecular weight is 801 g/mol. The molecule has 0 atom stereocenters.